The molecule has 17 heavy (non-hydrogen) atoms. The fourth-order valence-electron chi connectivity index (χ4n) is 1.95. The van der Waals surface area contributed by atoms with Gasteiger partial charge in [-0.25, -0.2) is 0 Å². The molecule has 0 saturated carbocycles. The van der Waals surface area contributed by atoms with Gasteiger partial charge in [0.1, 0.15) is 0 Å². The summed E-state index contributed by atoms with van der Waals surface area (Å²) < 4.78 is 0. The monoisotopic (exact) mass is 221 g/mol. The maximum absolute atomic E-state index is 12.2. The lowest BCUT2D eigenvalue weighted by Gasteiger charge is -2.01. The van der Waals surface area contributed by atoms with E-state index in [0.29, 0.717) is 5.56 Å². The lowest BCUT2D eigenvalue weighted by molar-refractivity contribution is 0.103. The van der Waals surface area contributed by atoms with Gasteiger partial charge in [0.25, 0.3) is 0 Å². The number of carbonyl (C=O) groups excluding carboxylic acids is 1. The highest BCUT2D eigenvalue weighted by Gasteiger charge is 2.08. The second-order valence-electron chi connectivity index (χ2n) is 3.97. The van der Waals surface area contributed by atoms with Crippen molar-refractivity contribution in [1.82, 2.24) is 4.98 Å². The van der Waals surface area contributed by atoms with Crippen molar-refractivity contribution in [3.63, 3.8) is 0 Å². The van der Waals surface area contributed by atoms with Crippen molar-refractivity contribution < 1.29 is 4.79 Å². The molecule has 0 aliphatic rings. The van der Waals surface area contributed by atoms with Gasteiger partial charge in [-0.1, -0.05) is 42.5 Å². The van der Waals surface area contributed by atoms with Crippen molar-refractivity contribution in [2.24, 2.45) is 0 Å². The van der Waals surface area contributed by atoms with Gasteiger partial charge in [-0.15, -0.1) is 0 Å². The van der Waals surface area contributed by atoms with E-state index in [9.17, 15) is 4.79 Å². The average molecular weight is 221 g/mol. The van der Waals surface area contributed by atoms with Crippen molar-refractivity contribution in [2.45, 2.75) is 0 Å². The van der Waals surface area contributed by atoms with Crippen LogP contribution >= 0.6 is 0 Å². The van der Waals surface area contributed by atoms with Crippen LogP contribution in [-0.2, 0) is 0 Å². The zero-order valence-electron chi connectivity index (χ0n) is 9.18. The Kier molecular flexibility index (Phi) is 2.26. The van der Waals surface area contributed by atoms with Gasteiger partial charge in [-0.05, 0) is 17.5 Å². The van der Waals surface area contributed by atoms with E-state index in [1.807, 2.05) is 60.8 Å². The molecule has 0 radical (unpaired) electrons. The Hall–Kier alpha value is -2.35. The van der Waals surface area contributed by atoms with Crippen LogP contribution in [-0.4, -0.2) is 10.8 Å². The Morgan fingerprint density at radius 3 is 2.53 bits per heavy atom. The molecule has 0 unspecified atom stereocenters. The molecule has 0 fully saturated rings. The van der Waals surface area contributed by atoms with Crippen LogP contribution in [0.5, 0.6) is 0 Å². The fourth-order valence-corrected chi connectivity index (χ4v) is 1.95. The van der Waals surface area contributed by atoms with Crippen molar-refractivity contribution in [2.75, 3.05) is 0 Å². The highest BCUT2D eigenvalue weighted by molar-refractivity contribution is 6.10. The van der Waals surface area contributed by atoms with Gasteiger partial charge < -0.3 is 4.98 Å². The van der Waals surface area contributed by atoms with Crippen LogP contribution < -0.4 is 0 Å². The summed E-state index contributed by atoms with van der Waals surface area (Å²) in [7, 11) is 0. The molecule has 2 aromatic carbocycles. The number of hydrogen-bond acceptors (Lipinski definition) is 1. The van der Waals surface area contributed by atoms with Crippen molar-refractivity contribution in [1.29, 1.82) is 0 Å². The highest BCUT2D eigenvalue weighted by atomic mass is 16.1. The van der Waals surface area contributed by atoms with Crippen LogP contribution in [0.2, 0.25) is 0 Å². The molecule has 0 bridgehead atoms. The number of aromatic amines is 1. The third-order valence-electron chi connectivity index (χ3n) is 2.85. The normalized spacial score (nSPS) is 10.6. The molecule has 82 valence electrons. The second kappa shape index (κ2) is 3.91. The lowest BCUT2D eigenvalue weighted by Crippen LogP contribution is -2.00. The molecular formula is C15H11NO. The van der Waals surface area contributed by atoms with Gasteiger partial charge >= 0.3 is 0 Å². The topological polar surface area (TPSA) is 32.9 Å². The number of nitrogens with one attached hydrogen (secondary N) is 1. The van der Waals surface area contributed by atoms with Gasteiger partial charge in [0.05, 0.1) is 0 Å². The van der Waals surface area contributed by atoms with E-state index in [0.717, 1.165) is 16.5 Å². The molecule has 1 N–H and O–H groups in total. The largest absolute Gasteiger partial charge is 0.361 e. The molecular weight excluding hydrogens is 210 g/mol. The van der Waals surface area contributed by atoms with E-state index in [2.05, 4.69) is 4.98 Å². The van der Waals surface area contributed by atoms with Crippen LogP contribution in [0.1, 0.15) is 15.9 Å². The molecule has 0 saturated heterocycles. The van der Waals surface area contributed by atoms with E-state index in [1.54, 1.807) is 0 Å². The number of ketones is 1. The standard InChI is InChI=1S/C15H11NO/c17-15(12-4-2-1-3-5-12)13-7-6-11-8-9-16-14(11)10-13/h1-10,16H. The van der Waals surface area contributed by atoms with E-state index in [1.165, 1.54) is 0 Å². The summed E-state index contributed by atoms with van der Waals surface area (Å²) in [5.41, 5.74) is 2.43. The Morgan fingerprint density at radius 1 is 0.882 bits per heavy atom. The SMILES string of the molecule is O=C(c1ccccc1)c1ccc2cc[nH]c2c1. The molecule has 0 aliphatic carbocycles. The molecule has 3 aromatic rings. The number of rotatable bonds is 2. The number of hydrogen-bond donors (Lipinski definition) is 1. The molecule has 1 heterocycles. The van der Waals surface area contributed by atoms with E-state index in [4.69, 9.17) is 0 Å². The van der Waals surface area contributed by atoms with E-state index >= 15 is 0 Å². The molecule has 3 rings (SSSR count). The summed E-state index contributed by atoms with van der Waals surface area (Å²) in [5, 5.41) is 1.12. The molecule has 0 amide bonds. The fraction of sp³-hybridized carbons (Fsp3) is 0. The summed E-state index contributed by atoms with van der Waals surface area (Å²) in [6, 6.07) is 17.0. The minimum atomic E-state index is 0.0575. The third-order valence-corrected chi connectivity index (χ3v) is 2.85. The molecule has 2 heteroatoms. The van der Waals surface area contributed by atoms with Gasteiger partial charge in [0, 0.05) is 22.8 Å². The quantitative estimate of drug-likeness (QED) is 0.661. The molecule has 1 aromatic heterocycles. The average Bonchev–Trinajstić information content (AvgIpc) is 2.86. The summed E-state index contributed by atoms with van der Waals surface area (Å²) in [5.74, 6) is 0.0575. The summed E-state index contributed by atoms with van der Waals surface area (Å²) in [6.45, 7) is 0. The number of benzene rings is 2. The van der Waals surface area contributed by atoms with Crippen molar-refractivity contribution in [3.8, 4) is 0 Å². The minimum Gasteiger partial charge on any atom is -0.361 e. The first kappa shape index (κ1) is 9.85. The molecule has 2 nitrogen and oxygen atoms in total. The van der Waals surface area contributed by atoms with Gasteiger partial charge in [0.15, 0.2) is 5.78 Å². The maximum Gasteiger partial charge on any atom is 0.193 e. The molecule has 0 aliphatic heterocycles. The van der Waals surface area contributed by atoms with Crippen molar-refractivity contribution in [3.05, 3.63) is 71.9 Å². The number of aromatic nitrogens is 1. The zero-order chi connectivity index (χ0) is 11.7. The lowest BCUT2D eigenvalue weighted by atomic mass is 10.0. The number of H-pyrrole nitrogens is 1. The minimum absolute atomic E-state index is 0.0575. The summed E-state index contributed by atoms with van der Waals surface area (Å²) in [4.78, 5) is 15.3. The maximum atomic E-state index is 12.2. The Balaban J connectivity index is 2.06. The zero-order valence-corrected chi connectivity index (χ0v) is 9.18. The van der Waals surface area contributed by atoms with Crippen LogP contribution in [0, 0.1) is 0 Å². The second-order valence-corrected chi connectivity index (χ2v) is 3.97. The van der Waals surface area contributed by atoms with Crippen molar-refractivity contribution >= 4 is 16.7 Å². The number of carbonyl (C=O) groups is 1. The first-order chi connectivity index (χ1) is 8.34. The van der Waals surface area contributed by atoms with Gasteiger partial charge in [-0.3, -0.25) is 4.79 Å². The summed E-state index contributed by atoms with van der Waals surface area (Å²) >= 11 is 0. The van der Waals surface area contributed by atoms with Crippen LogP contribution in [0.15, 0.2) is 60.8 Å². The smallest absolute Gasteiger partial charge is 0.193 e. The van der Waals surface area contributed by atoms with E-state index in [-0.39, 0.29) is 5.78 Å². The molecule has 0 spiro atoms. The highest BCUT2D eigenvalue weighted by Crippen LogP contribution is 2.16. The Bertz CT molecular complexity index is 667. The number of fused-ring (bicyclic) bond motifs is 1. The van der Waals surface area contributed by atoms with Crippen LogP contribution in [0.3, 0.4) is 0 Å². The Morgan fingerprint density at radius 2 is 1.71 bits per heavy atom. The van der Waals surface area contributed by atoms with Gasteiger partial charge in [0.2, 0.25) is 0 Å². The third kappa shape index (κ3) is 1.74. The first-order valence-corrected chi connectivity index (χ1v) is 5.51. The van der Waals surface area contributed by atoms with Gasteiger partial charge in [-0.2, -0.15) is 0 Å². The molecule has 0 atom stereocenters. The first-order valence-electron chi connectivity index (χ1n) is 5.51. The summed E-state index contributed by atoms with van der Waals surface area (Å²) in [6.07, 6.45) is 1.88. The van der Waals surface area contributed by atoms with Crippen LogP contribution in [0.4, 0.5) is 0 Å². The predicted molar refractivity (Wildman–Crippen MR) is 68.2 cm³/mol. The van der Waals surface area contributed by atoms with Crippen LogP contribution in [0.25, 0.3) is 10.9 Å². The van der Waals surface area contributed by atoms with E-state index < -0.39 is 0 Å². The Labute approximate surface area is 98.9 Å². The predicted octanol–water partition coefficient (Wildman–Crippen LogP) is 3.40.